The predicted molar refractivity (Wildman–Crippen MR) is 99.0 cm³/mol. The molecule has 8 heteroatoms. The third-order valence-electron chi connectivity index (χ3n) is 4.57. The summed E-state index contributed by atoms with van der Waals surface area (Å²) in [5.74, 6) is 1.51. The summed E-state index contributed by atoms with van der Waals surface area (Å²) < 4.78 is 17.6. The first-order valence-corrected chi connectivity index (χ1v) is 8.99. The number of carbonyl (C=O) groups excluding carboxylic acids is 1. The molecule has 0 spiro atoms. The van der Waals surface area contributed by atoms with Gasteiger partial charge in [0.2, 0.25) is 12.5 Å². The zero-order valence-electron chi connectivity index (χ0n) is 14.5. The number of ether oxygens (including phenoxy) is 3. The predicted octanol–water partition coefficient (Wildman–Crippen LogP) is 2.82. The van der Waals surface area contributed by atoms with E-state index in [4.69, 9.17) is 14.2 Å². The van der Waals surface area contributed by atoms with Gasteiger partial charge in [-0.05, 0) is 41.0 Å². The molecule has 0 bridgehead atoms. The topological polar surface area (TPSA) is 72.9 Å². The van der Waals surface area contributed by atoms with Gasteiger partial charge in [0.15, 0.2) is 11.5 Å². The number of rotatable bonds is 3. The van der Waals surface area contributed by atoms with E-state index in [0.29, 0.717) is 28.5 Å². The Balaban J connectivity index is 1.80. The Hall–Kier alpha value is -2.32. The minimum atomic E-state index is -0.247. The average Bonchev–Trinajstić information content (AvgIpc) is 3.11. The largest absolute Gasteiger partial charge is 0.492 e. The fourth-order valence-corrected chi connectivity index (χ4v) is 3.72. The molecule has 0 saturated carbocycles. The molecule has 3 heterocycles. The van der Waals surface area contributed by atoms with E-state index < -0.39 is 0 Å². The van der Waals surface area contributed by atoms with Crippen molar-refractivity contribution in [2.45, 2.75) is 13.0 Å². The van der Waals surface area contributed by atoms with Gasteiger partial charge in [0, 0.05) is 35.5 Å². The van der Waals surface area contributed by atoms with E-state index in [9.17, 15) is 4.79 Å². The Morgan fingerprint density at radius 2 is 2.12 bits per heavy atom. The van der Waals surface area contributed by atoms with Gasteiger partial charge in [-0.25, -0.2) is 0 Å². The first-order chi connectivity index (χ1) is 12.6. The second-order valence-corrected chi connectivity index (χ2v) is 7.18. The molecule has 0 fully saturated rings. The van der Waals surface area contributed by atoms with Crippen LogP contribution in [0.4, 0.5) is 5.69 Å². The lowest BCUT2D eigenvalue weighted by Crippen LogP contribution is -2.28. The quantitative estimate of drug-likeness (QED) is 0.824. The van der Waals surface area contributed by atoms with Gasteiger partial charge in [-0.1, -0.05) is 0 Å². The molecule has 26 heavy (non-hydrogen) atoms. The smallest absolute Gasteiger partial charge is 0.257 e. The Morgan fingerprint density at radius 1 is 1.31 bits per heavy atom. The van der Waals surface area contributed by atoms with Gasteiger partial charge in [0.1, 0.15) is 0 Å². The Morgan fingerprint density at radius 3 is 2.88 bits per heavy atom. The molecule has 2 aromatic rings. The van der Waals surface area contributed by atoms with Gasteiger partial charge in [-0.2, -0.15) is 0 Å². The summed E-state index contributed by atoms with van der Waals surface area (Å²) in [6.07, 6.45) is 3.95. The van der Waals surface area contributed by atoms with Crippen LogP contribution in [0.5, 0.6) is 17.2 Å². The van der Waals surface area contributed by atoms with Gasteiger partial charge >= 0.3 is 0 Å². The number of fused-ring (bicyclic) bond motifs is 2. The zero-order valence-corrected chi connectivity index (χ0v) is 16.1. The van der Waals surface area contributed by atoms with E-state index in [1.165, 1.54) is 6.20 Å². The number of pyridine rings is 1. The summed E-state index contributed by atoms with van der Waals surface area (Å²) in [5.41, 5.74) is 3.17. The molecule has 0 atom stereocenters. The highest BCUT2D eigenvalue weighted by molar-refractivity contribution is 9.10. The second kappa shape index (κ2) is 6.77. The van der Waals surface area contributed by atoms with Crippen molar-refractivity contribution < 1.29 is 19.0 Å². The summed E-state index contributed by atoms with van der Waals surface area (Å²) in [6.45, 7) is 1.71. The number of hydrogen-bond donors (Lipinski definition) is 1. The number of likely N-dealkylation sites (N-methyl/N-ethyl adjacent to an activating group) is 1. The van der Waals surface area contributed by atoms with Gasteiger partial charge in [-0.15, -0.1) is 0 Å². The van der Waals surface area contributed by atoms with Crippen molar-refractivity contribution in [3.63, 3.8) is 0 Å². The van der Waals surface area contributed by atoms with Crippen LogP contribution in [0.1, 0.15) is 21.5 Å². The molecule has 7 nitrogen and oxygen atoms in total. The molecule has 0 saturated heterocycles. The number of benzene rings is 1. The highest BCUT2D eigenvalue weighted by atomic mass is 79.9. The van der Waals surface area contributed by atoms with E-state index in [-0.39, 0.29) is 12.7 Å². The maximum atomic E-state index is 12.8. The highest BCUT2D eigenvalue weighted by Gasteiger charge is 2.33. The van der Waals surface area contributed by atoms with Crippen molar-refractivity contribution in [2.24, 2.45) is 0 Å². The highest BCUT2D eigenvalue weighted by Crippen LogP contribution is 2.52. The lowest BCUT2D eigenvalue weighted by molar-refractivity contribution is 0.102. The summed E-state index contributed by atoms with van der Waals surface area (Å²) in [6, 6.07) is 1.73. The summed E-state index contributed by atoms with van der Waals surface area (Å²) in [7, 11) is 3.68. The van der Waals surface area contributed by atoms with Gasteiger partial charge in [0.25, 0.3) is 5.91 Å². The van der Waals surface area contributed by atoms with Crippen molar-refractivity contribution in [3.8, 4) is 17.2 Å². The van der Waals surface area contributed by atoms with E-state index >= 15 is 0 Å². The number of nitrogens with zero attached hydrogens (tertiary/aromatic N) is 2. The minimum absolute atomic E-state index is 0.103. The monoisotopic (exact) mass is 419 g/mol. The van der Waals surface area contributed by atoms with Gasteiger partial charge in [-0.3, -0.25) is 9.78 Å². The first kappa shape index (κ1) is 17.1. The molecule has 1 aromatic carbocycles. The third kappa shape index (κ3) is 2.89. The fourth-order valence-electron chi connectivity index (χ4n) is 3.36. The van der Waals surface area contributed by atoms with E-state index in [0.717, 1.165) is 35.1 Å². The van der Waals surface area contributed by atoms with Gasteiger partial charge in [0.05, 0.1) is 18.4 Å². The molecule has 2 aliphatic rings. The first-order valence-electron chi connectivity index (χ1n) is 8.20. The normalized spacial score (nSPS) is 15.5. The Bertz CT molecular complexity index is 887. The standard InChI is InChI=1S/C18H18BrN3O4/c1-22-4-3-12-13(8-22)15(24-2)17-16(25-9-26-17)14(12)21-18(23)10-5-11(19)7-20-6-10/h5-7H,3-4,8-9H2,1-2H3,(H,21,23). The molecule has 0 unspecified atom stereocenters. The van der Waals surface area contributed by atoms with Crippen LogP contribution in [0.2, 0.25) is 0 Å². The number of anilines is 1. The van der Waals surface area contributed by atoms with E-state index in [1.54, 1.807) is 19.4 Å². The minimum Gasteiger partial charge on any atom is -0.492 e. The van der Waals surface area contributed by atoms with Crippen LogP contribution in [-0.2, 0) is 13.0 Å². The molecule has 0 aliphatic carbocycles. The summed E-state index contributed by atoms with van der Waals surface area (Å²) in [4.78, 5) is 19.0. The van der Waals surface area contributed by atoms with Crippen LogP contribution in [0, 0.1) is 0 Å². The van der Waals surface area contributed by atoms with Crippen molar-refractivity contribution in [1.29, 1.82) is 0 Å². The Labute approximate surface area is 159 Å². The number of halogens is 1. The van der Waals surface area contributed by atoms with E-state index in [1.807, 2.05) is 0 Å². The second-order valence-electron chi connectivity index (χ2n) is 6.26. The number of methoxy groups -OCH3 is 1. The molecule has 1 N–H and O–H groups in total. The van der Waals surface area contributed by atoms with Crippen molar-refractivity contribution in [1.82, 2.24) is 9.88 Å². The molecule has 1 aromatic heterocycles. The molecule has 2 aliphatic heterocycles. The van der Waals surface area contributed by atoms with Crippen LogP contribution in [0.15, 0.2) is 22.9 Å². The summed E-state index contributed by atoms with van der Waals surface area (Å²) in [5, 5.41) is 3.00. The van der Waals surface area contributed by atoms with Crippen LogP contribution in [0.3, 0.4) is 0 Å². The lowest BCUT2D eigenvalue weighted by Gasteiger charge is -2.29. The third-order valence-corrected chi connectivity index (χ3v) is 5.00. The van der Waals surface area contributed by atoms with Crippen LogP contribution in [-0.4, -0.2) is 43.3 Å². The Kier molecular flexibility index (Phi) is 4.46. The number of carbonyl (C=O) groups is 1. The van der Waals surface area contributed by atoms with Gasteiger partial charge < -0.3 is 24.4 Å². The molecule has 1 amide bonds. The van der Waals surface area contributed by atoms with Crippen LogP contribution < -0.4 is 19.5 Å². The summed E-state index contributed by atoms with van der Waals surface area (Å²) >= 11 is 3.34. The average molecular weight is 420 g/mol. The SMILES string of the molecule is COc1c2c(c(NC(=O)c3cncc(Br)c3)c3c1OCO3)CCN(C)C2. The van der Waals surface area contributed by atoms with Crippen molar-refractivity contribution in [3.05, 3.63) is 39.6 Å². The number of aromatic nitrogens is 1. The van der Waals surface area contributed by atoms with Crippen molar-refractivity contribution >= 4 is 27.5 Å². The van der Waals surface area contributed by atoms with Crippen LogP contribution >= 0.6 is 15.9 Å². The van der Waals surface area contributed by atoms with Crippen molar-refractivity contribution in [2.75, 3.05) is 32.8 Å². The molecular weight excluding hydrogens is 402 g/mol. The maximum absolute atomic E-state index is 12.8. The lowest BCUT2D eigenvalue weighted by atomic mass is 9.95. The number of hydrogen-bond acceptors (Lipinski definition) is 6. The van der Waals surface area contributed by atoms with Crippen LogP contribution in [0.25, 0.3) is 0 Å². The molecule has 4 rings (SSSR count). The number of nitrogens with one attached hydrogen (secondary N) is 1. The van der Waals surface area contributed by atoms with E-state index in [2.05, 4.69) is 38.2 Å². The molecular formula is C18H18BrN3O4. The molecule has 0 radical (unpaired) electrons. The fraction of sp³-hybridized carbons (Fsp3) is 0.333. The zero-order chi connectivity index (χ0) is 18.3. The maximum Gasteiger partial charge on any atom is 0.257 e. The number of amides is 1. The molecule has 136 valence electrons.